The maximum atomic E-state index is 13.0. The molecule has 1 unspecified atom stereocenters. The van der Waals surface area contributed by atoms with Gasteiger partial charge in [0.15, 0.2) is 11.6 Å². The van der Waals surface area contributed by atoms with Gasteiger partial charge in [0.1, 0.15) is 0 Å². The number of nitrogens with one attached hydrogen (secondary N) is 1. The number of hydrogen-bond donors (Lipinski definition) is 2. The van der Waals surface area contributed by atoms with Crippen molar-refractivity contribution in [1.29, 1.82) is 0 Å². The average Bonchev–Trinajstić information content (AvgIpc) is 2.20. The smallest absolute Gasteiger partial charge is 0.165 e. The highest BCUT2D eigenvalue weighted by atomic mass is 19.1. The second-order valence-corrected chi connectivity index (χ2v) is 3.11. The highest BCUT2D eigenvalue weighted by Gasteiger charge is 2.03. The van der Waals surface area contributed by atoms with Crippen LogP contribution in [0.3, 0.4) is 0 Å². The van der Waals surface area contributed by atoms with Crippen molar-refractivity contribution >= 4 is 5.82 Å². The maximum Gasteiger partial charge on any atom is 0.165 e. The molecule has 1 rings (SSSR count). The lowest BCUT2D eigenvalue weighted by Crippen LogP contribution is -2.13. The molecule has 0 saturated carbocycles. The number of aromatic nitrogens is 1. The molecule has 1 aromatic rings. The molecule has 0 aliphatic heterocycles. The van der Waals surface area contributed by atoms with E-state index in [2.05, 4.69) is 10.3 Å². The molecule has 0 bridgehead atoms. The fraction of sp³-hybridized carbons (Fsp3) is 0.500. The molecule has 3 nitrogen and oxygen atoms in total. The first-order valence-corrected chi connectivity index (χ1v) is 4.76. The van der Waals surface area contributed by atoms with Crippen LogP contribution in [0, 0.1) is 5.82 Å². The monoisotopic (exact) mass is 198 g/mol. The van der Waals surface area contributed by atoms with Crippen molar-refractivity contribution in [3.63, 3.8) is 0 Å². The van der Waals surface area contributed by atoms with Gasteiger partial charge in [-0.2, -0.15) is 0 Å². The third kappa shape index (κ3) is 3.30. The van der Waals surface area contributed by atoms with Gasteiger partial charge in [-0.15, -0.1) is 0 Å². The summed E-state index contributed by atoms with van der Waals surface area (Å²) in [7, 11) is 0. The molecule has 14 heavy (non-hydrogen) atoms. The largest absolute Gasteiger partial charge is 0.393 e. The molecule has 1 heterocycles. The highest BCUT2D eigenvalue weighted by Crippen LogP contribution is 2.08. The number of nitrogens with zero attached hydrogens (tertiary/aromatic N) is 1. The van der Waals surface area contributed by atoms with Crippen molar-refractivity contribution in [2.24, 2.45) is 0 Å². The Morgan fingerprint density at radius 2 is 2.43 bits per heavy atom. The number of pyridine rings is 1. The molecule has 0 spiro atoms. The van der Waals surface area contributed by atoms with E-state index in [4.69, 9.17) is 0 Å². The third-order valence-corrected chi connectivity index (χ3v) is 2.00. The zero-order chi connectivity index (χ0) is 10.4. The predicted molar refractivity (Wildman–Crippen MR) is 53.6 cm³/mol. The van der Waals surface area contributed by atoms with Crippen molar-refractivity contribution in [3.05, 3.63) is 24.1 Å². The molecule has 0 aliphatic rings. The van der Waals surface area contributed by atoms with Crippen LogP contribution in [0.5, 0.6) is 0 Å². The summed E-state index contributed by atoms with van der Waals surface area (Å²) in [5.74, 6) is -0.116. The summed E-state index contributed by atoms with van der Waals surface area (Å²) in [6, 6.07) is 2.90. The Hall–Kier alpha value is -1.16. The lowest BCUT2D eigenvalue weighted by Gasteiger charge is -2.09. The van der Waals surface area contributed by atoms with E-state index >= 15 is 0 Å². The second-order valence-electron chi connectivity index (χ2n) is 3.11. The SMILES string of the molecule is CCC(O)CCNc1ncccc1F. The Morgan fingerprint density at radius 3 is 3.07 bits per heavy atom. The Kier molecular flexibility index (Phi) is 4.32. The molecule has 0 radical (unpaired) electrons. The van der Waals surface area contributed by atoms with Gasteiger partial charge in [0, 0.05) is 12.7 Å². The van der Waals surface area contributed by atoms with E-state index < -0.39 is 0 Å². The van der Waals surface area contributed by atoms with Crippen LogP contribution >= 0.6 is 0 Å². The topological polar surface area (TPSA) is 45.1 Å². The van der Waals surface area contributed by atoms with E-state index in [9.17, 15) is 9.50 Å². The highest BCUT2D eigenvalue weighted by molar-refractivity contribution is 5.35. The van der Waals surface area contributed by atoms with Crippen LogP contribution in [-0.2, 0) is 0 Å². The van der Waals surface area contributed by atoms with Crippen LogP contribution < -0.4 is 5.32 Å². The zero-order valence-corrected chi connectivity index (χ0v) is 8.20. The summed E-state index contributed by atoms with van der Waals surface area (Å²) in [6.07, 6.45) is 2.52. The minimum atomic E-state index is -0.363. The van der Waals surface area contributed by atoms with Crippen molar-refractivity contribution in [2.45, 2.75) is 25.9 Å². The molecule has 4 heteroatoms. The normalized spacial score (nSPS) is 12.5. The van der Waals surface area contributed by atoms with Gasteiger partial charge in [0.2, 0.25) is 0 Å². The standard InChI is InChI=1S/C10H15FN2O/c1-2-8(14)5-7-13-10-9(11)4-3-6-12-10/h3-4,6,8,14H,2,5,7H2,1H3,(H,12,13). The molecular formula is C10H15FN2O. The molecule has 0 fully saturated rings. The number of anilines is 1. The molecular weight excluding hydrogens is 183 g/mol. The number of hydrogen-bond acceptors (Lipinski definition) is 3. The van der Waals surface area contributed by atoms with E-state index in [0.29, 0.717) is 19.4 Å². The first kappa shape index (κ1) is 10.9. The van der Waals surface area contributed by atoms with E-state index in [1.165, 1.54) is 12.3 Å². The first-order chi connectivity index (χ1) is 6.74. The van der Waals surface area contributed by atoms with Gasteiger partial charge >= 0.3 is 0 Å². The maximum absolute atomic E-state index is 13.0. The minimum absolute atomic E-state index is 0.246. The van der Waals surface area contributed by atoms with Gasteiger partial charge in [-0.3, -0.25) is 0 Å². The lowest BCUT2D eigenvalue weighted by molar-refractivity contribution is 0.164. The van der Waals surface area contributed by atoms with E-state index in [0.717, 1.165) is 0 Å². The van der Waals surface area contributed by atoms with Gasteiger partial charge in [-0.05, 0) is 25.0 Å². The summed E-state index contributed by atoms with van der Waals surface area (Å²) in [6.45, 7) is 2.44. The van der Waals surface area contributed by atoms with Gasteiger partial charge in [0.05, 0.1) is 6.10 Å². The van der Waals surface area contributed by atoms with Gasteiger partial charge in [0.25, 0.3) is 0 Å². The van der Waals surface area contributed by atoms with Crippen LogP contribution in [0.15, 0.2) is 18.3 Å². The third-order valence-electron chi connectivity index (χ3n) is 2.00. The Bertz CT molecular complexity index is 281. The van der Waals surface area contributed by atoms with Crippen LogP contribution in [0.4, 0.5) is 10.2 Å². The average molecular weight is 198 g/mol. The summed E-state index contributed by atoms with van der Waals surface area (Å²) in [5.41, 5.74) is 0. The molecule has 1 aromatic heterocycles. The molecule has 0 saturated heterocycles. The Balaban J connectivity index is 2.35. The van der Waals surface area contributed by atoms with Crippen molar-refractivity contribution in [2.75, 3.05) is 11.9 Å². The van der Waals surface area contributed by atoms with Crippen LogP contribution in [-0.4, -0.2) is 22.7 Å². The van der Waals surface area contributed by atoms with Crippen molar-refractivity contribution in [1.82, 2.24) is 4.98 Å². The van der Waals surface area contributed by atoms with Gasteiger partial charge in [-0.1, -0.05) is 6.92 Å². The molecule has 0 aliphatic carbocycles. The zero-order valence-electron chi connectivity index (χ0n) is 8.20. The molecule has 2 N–H and O–H groups in total. The lowest BCUT2D eigenvalue weighted by atomic mass is 10.2. The van der Waals surface area contributed by atoms with Gasteiger partial charge < -0.3 is 10.4 Å². The molecule has 78 valence electrons. The number of rotatable bonds is 5. The predicted octanol–water partition coefficient (Wildman–Crippen LogP) is 1.79. The fourth-order valence-electron chi connectivity index (χ4n) is 1.08. The summed E-state index contributed by atoms with van der Waals surface area (Å²) in [4.78, 5) is 3.83. The van der Waals surface area contributed by atoms with Crippen molar-refractivity contribution < 1.29 is 9.50 Å². The summed E-state index contributed by atoms with van der Waals surface area (Å²) >= 11 is 0. The first-order valence-electron chi connectivity index (χ1n) is 4.76. The van der Waals surface area contributed by atoms with Crippen LogP contribution in [0.2, 0.25) is 0 Å². The van der Waals surface area contributed by atoms with E-state index in [1.54, 1.807) is 6.07 Å². The van der Waals surface area contributed by atoms with Crippen molar-refractivity contribution in [3.8, 4) is 0 Å². The number of halogens is 1. The number of aliphatic hydroxyl groups is 1. The molecule has 1 atom stereocenters. The fourth-order valence-corrected chi connectivity index (χ4v) is 1.08. The van der Waals surface area contributed by atoms with E-state index in [1.807, 2.05) is 6.92 Å². The molecule has 0 aromatic carbocycles. The summed E-state index contributed by atoms with van der Waals surface area (Å²) in [5, 5.41) is 12.1. The summed E-state index contributed by atoms with van der Waals surface area (Å²) < 4.78 is 13.0. The Morgan fingerprint density at radius 1 is 1.64 bits per heavy atom. The quantitative estimate of drug-likeness (QED) is 0.758. The Labute approximate surface area is 83.0 Å². The second kappa shape index (κ2) is 5.54. The number of aliphatic hydroxyl groups excluding tert-OH is 1. The van der Waals surface area contributed by atoms with Crippen LogP contribution in [0.1, 0.15) is 19.8 Å². The van der Waals surface area contributed by atoms with E-state index in [-0.39, 0.29) is 17.7 Å². The van der Waals surface area contributed by atoms with Gasteiger partial charge in [-0.25, -0.2) is 9.37 Å². The molecule has 0 amide bonds. The van der Waals surface area contributed by atoms with Crippen LogP contribution in [0.25, 0.3) is 0 Å². The minimum Gasteiger partial charge on any atom is -0.393 e.